The average Bonchev–Trinajstić information content (AvgIpc) is 2.83. The molecule has 1 aliphatic carbocycles. The maximum Gasteiger partial charge on any atom is 0.109 e. The standard InChI is InChI=1S/C17H22O2S/c1-19-17(10-4-2-3-5-11-17)16(18)14-8-6-7-13-9-12-20-15(13)14/h6-9,12,16,18H,2-5,10-11H2,1H3. The van der Waals surface area contributed by atoms with Crippen LogP contribution in [0.15, 0.2) is 29.6 Å². The van der Waals surface area contributed by atoms with E-state index in [1.165, 1.54) is 22.9 Å². The molecule has 1 heterocycles. The van der Waals surface area contributed by atoms with Gasteiger partial charge in [-0.1, -0.05) is 43.9 Å². The molecular weight excluding hydrogens is 268 g/mol. The fourth-order valence-corrected chi connectivity index (χ4v) is 4.37. The predicted molar refractivity (Wildman–Crippen MR) is 84.2 cm³/mol. The number of hydrogen-bond acceptors (Lipinski definition) is 3. The first-order chi connectivity index (χ1) is 9.77. The number of rotatable bonds is 3. The van der Waals surface area contributed by atoms with E-state index in [1.54, 1.807) is 18.4 Å². The third kappa shape index (κ3) is 2.39. The van der Waals surface area contributed by atoms with Gasteiger partial charge in [0.15, 0.2) is 0 Å². The van der Waals surface area contributed by atoms with E-state index >= 15 is 0 Å². The van der Waals surface area contributed by atoms with E-state index in [1.807, 2.05) is 6.07 Å². The first-order valence-electron chi connectivity index (χ1n) is 7.46. The number of methoxy groups -OCH3 is 1. The maximum atomic E-state index is 11.0. The van der Waals surface area contributed by atoms with Crippen molar-refractivity contribution >= 4 is 21.4 Å². The molecule has 0 bridgehead atoms. The number of aliphatic hydroxyl groups excluding tert-OH is 1. The summed E-state index contributed by atoms with van der Waals surface area (Å²) in [4.78, 5) is 0. The van der Waals surface area contributed by atoms with E-state index in [4.69, 9.17) is 4.74 Å². The minimum absolute atomic E-state index is 0.408. The van der Waals surface area contributed by atoms with Crippen LogP contribution in [0.3, 0.4) is 0 Å². The van der Waals surface area contributed by atoms with Crippen molar-refractivity contribution in [2.24, 2.45) is 0 Å². The lowest BCUT2D eigenvalue weighted by atomic mass is 9.84. The predicted octanol–water partition coefficient (Wildman–Crippen LogP) is 4.67. The Hall–Kier alpha value is -0.900. The van der Waals surface area contributed by atoms with Crippen LogP contribution < -0.4 is 0 Å². The summed E-state index contributed by atoms with van der Waals surface area (Å²) in [5.41, 5.74) is 0.621. The van der Waals surface area contributed by atoms with Gasteiger partial charge in [0.05, 0.1) is 5.60 Å². The highest BCUT2D eigenvalue weighted by molar-refractivity contribution is 7.17. The van der Waals surface area contributed by atoms with Gasteiger partial charge >= 0.3 is 0 Å². The molecule has 2 aromatic rings. The zero-order valence-corrected chi connectivity index (χ0v) is 12.8. The van der Waals surface area contributed by atoms with E-state index in [9.17, 15) is 5.11 Å². The first-order valence-corrected chi connectivity index (χ1v) is 8.34. The van der Waals surface area contributed by atoms with Crippen molar-refractivity contribution in [2.45, 2.75) is 50.2 Å². The van der Waals surface area contributed by atoms with Gasteiger partial charge in [0.25, 0.3) is 0 Å². The van der Waals surface area contributed by atoms with Crippen LogP contribution in [0.25, 0.3) is 10.1 Å². The van der Waals surface area contributed by atoms with E-state index in [0.29, 0.717) is 0 Å². The number of fused-ring (bicyclic) bond motifs is 1. The van der Waals surface area contributed by atoms with Crippen LogP contribution in [0.4, 0.5) is 0 Å². The summed E-state index contributed by atoms with van der Waals surface area (Å²) in [5.74, 6) is 0. The van der Waals surface area contributed by atoms with Crippen LogP contribution >= 0.6 is 11.3 Å². The Balaban J connectivity index is 2.00. The van der Waals surface area contributed by atoms with Crippen LogP contribution in [0.5, 0.6) is 0 Å². The zero-order valence-electron chi connectivity index (χ0n) is 12.0. The van der Waals surface area contributed by atoms with Crippen molar-refractivity contribution in [3.63, 3.8) is 0 Å². The Morgan fingerprint density at radius 2 is 1.90 bits per heavy atom. The summed E-state index contributed by atoms with van der Waals surface area (Å²) < 4.78 is 7.05. The van der Waals surface area contributed by atoms with Gasteiger partial charge in [0, 0.05) is 17.4 Å². The largest absolute Gasteiger partial charge is 0.385 e. The third-order valence-corrected chi connectivity index (χ3v) is 5.64. The highest BCUT2D eigenvalue weighted by Gasteiger charge is 2.39. The van der Waals surface area contributed by atoms with E-state index < -0.39 is 11.7 Å². The Bertz CT molecular complexity index is 567. The molecule has 0 aliphatic heterocycles. The second kappa shape index (κ2) is 5.84. The van der Waals surface area contributed by atoms with Gasteiger partial charge in [-0.3, -0.25) is 0 Å². The van der Waals surface area contributed by atoms with Gasteiger partial charge in [0.2, 0.25) is 0 Å². The molecule has 108 valence electrons. The molecule has 0 saturated heterocycles. The second-order valence-corrected chi connectivity index (χ2v) is 6.69. The van der Waals surface area contributed by atoms with Crippen LogP contribution in [-0.2, 0) is 4.74 Å². The molecule has 0 radical (unpaired) electrons. The summed E-state index contributed by atoms with van der Waals surface area (Å²) in [5, 5.41) is 14.3. The average molecular weight is 290 g/mol. The molecule has 1 fully saturated rings. The molecule has 1 aromatic carbocycles. The Kier molecular flexibility index (Phi) is 4.11. The van der Waals surface area contributed by atoms with Gasteiger partial charge in [-0.15, -0.1) is 11.3 Å². The minimum Gasteiger partial charge on any atom is -0.385 e. The Morgan fingerprint density at radius 1 is 1.15 bits per heavy atom. The molecule has 1 unspecified atom stereocenters. The number of ether oxygens (including phenoxy) is 1. The molecule has 1 N–H and O–H groups in total. The van der Waals surface area contributed by atoms with Gasteiger partial charge in [-0.05, 0) is 29.7 Å². The SMILES string of the molecule is COC1(C(O)c2cccc3ccsc23)CCCCCC1. The van der Waals surface area contributed by atoms with Gasteiger partial charge in [0.1, 0.15) is 6.10 Å². The quantitative estimate of drug-likeness (QED) is 0.832. The third-order valence-electron chi connectivity index (χ3n) is 4.66. The summed E-state index contributed by atoms with van der Waals surface area (Å²) in [6, 6.07) is 8.31. The fraction of sp³-hybridized carbons (Fsp3) is 0.529. The molecule has 2 nitrogen and oxygen atoms in total. The van der Waals surface area contributed by atoms with E-state index in [-0.39, 0.29) is 0 Å². The molecule has 20 heavy (non-hydrogen) atoms. The Labute approximate surface area is 124 Å². The minimum atomic E-state index is -0.534. The van der Waals surface area contributed by atoms with Gasteiger partial charge in [-0.2, -0.15) is 0 Å². The second-order valence-electron chi connectivity index (χ2n) is 5.77. The molecular formula is C17H22O2S. The lowest BCUT2D eigenvalue weighted by Crippen LogP contribution is -2.38. The smallest absolute Gasteiger partial charge is 0.109 e. The molecule has 0 amide bonds. The zero-order chi connectivity index (χ0) is 14.0. The highest BCUT2D eigenvalue weighted by Crippen LogP contribution is 2.42. The topological polar surface area (TPSA) is 29.5 Å². The normalized spacial score (nSPS) is 20.7. The van der Waals surface area contributed by atoms with Gasteiger partial charge < -0.3 is 9.84 Å². The molecule has 1 saturated carbocycles. The van der Waals surface area contributed by atoms with E-state index in [2.05, 4.69) is 23.6 Å². The molecule has 1 aliphatic rings. The first kappa shape index (κ1) is 14.1. The molecule has 0 spiro atoms. The number of aliphatic hydroxyl groups is 1. The van der Waals surface area contributed by atoms with Crippen molar-refractivity contribution in [1.29, 1.82) is 0 Å². The summed E-state index contributed by atoms with van der Waals surface area (Å²) in [7, 11) is 1.75. The van der Waals surface area contributed by atoms with Crippen molar-refractivity contribution in [1.82, 2.24) is 0 Å². The van der Waals surface area contributed by atoms with Crippen molar-refractivity contribution in [2.75, 3.05) is 7.11 Å². The maximum absolute atomic E-state index is 11.0. The van der Waals surface area contributed by atoms with Crippen LogP contribution in [0.2, 0.25) is 0 Å². The number of hydrogen-bond donors (Lipinski definition) is 1. The summed E-state index contributed by atoms with van der Waals surface area (Å²) in [6.45, 7) is 0. The number of benzene rings is 1. The van der Waals surface area contributed by atoms with Crippen molar-refractivity contribution < 1.29 is 9.84 Å². The number of thiophene rings is 1. The molecule has 1 atom stereocenters. The van der Waals surface area contributed by atoms with Crippen LogP contribution in [-0.4, -0.2) is 17.8 Å². The Morgan fingerprint density at radius 3 is 2.60 bits per heavy atom. The van der Waals surface area contributed by atoms with Crippen LogP contribution in [0.1, 0.15) is 50.2 Å². The highest BCUT2D eigenvalue weighted by atomic mass is 32.1. The fourth-order valence-electron chi connectivity index (χ4n) is 3.43. The summed E-state index contributed by atoms with van der Waals surface area (Å²) >= 11 is 1.71. The van der Waals surface area contributed by atoms with Gasteiger partial charge in [-0.25, -0.2) is 0 Å². The van der Waals surface area contributed by atoms with E-state index in [0.717, 1.165) is 31.2 Å². The molecule has 3 rings (SSSR count). The van der Waals surface area contributed by atoms with Crippen molar-refractivity contribution in [3.05, 3.63) is 35.2 Å². The lowest BCUT2D eigenvalue weighted by Gasteiger charge is -2.36. The van der Waals surface area contributed by atoms with Crippen LogP contribution in [0, 0.1) is 0 Å². The monoisotopic (exact) mass is 290 g/mol. The van der Waals surface area contributed by atoms with Crippen molar-refractivity contribution in [3.8, 4) is 0 Å². The lowest BCUT2D eigenvalue weighted by molar-refractivity contribution is -0.113. The molecule has 3 heteroatoms. The molecule has 1 aromatic heterocycles. The summed E-state index contributed by atoms with van der Waals surface area (Å²) in [6.07, 6.45) is 6.16.